The summed E-state index contributed by atoms with van der Waals surface area (Å²) in [6.45, 7) is 1.00. The average molecular weight is 265 g/mol. The van der Waals surface area contributed by atoms with E-state index < -0.39 is 6.61 Å². The molecule has 0 aliphatic carbocycles. The monoisotopic (exact) mass is 265 g/mol. The summed E-state index contributed by atoms with van der Waals surface area (Å²) in [5, 5.41) is 8.88. The second-order valence-electron chi connectivity index (χ2n) is 5.14. The van der Waals surface area contributed by atoms with Crippen LogP contribution in [0.2, 0.25) is 0 Å². The van der Waals surface area contributed by atoms with E-state index >= 15 is 0 Å². The summed E-state index contributed by atoms with van der Waals surface area (Å²) in [5.41, 5.74) is 0.744. The van der Waals surface area contributed by atoms with Crippen LogP contribution in [0.25, 0.3) is 0 Å². The van der Waals surface area contributed by atoms with Crippen LogP contribution in [-0.2, 0) is 11.2 Å². The van der Waals surface area contributed by atoms with Crippen molar-refractivity contribution in [2.24, 2.45) is 5.92 Å². The maximum atomic E-state index is 13.5. The van der Waals surface area contributed by atoms with Crippen LogP contribution in [0.3, 0.4) is 0 Å². The van der Waals surface area contributed by atoms with Crippen molar-refractivity contribution in [3.63, 3.8) is 0 Å². The first-order valence-corrected chi connectivity index (χ1v) is 6.82. The van der Waals surface area contributed by atoms with E-state index in [1.54, 1.807) is 11.0 Å². The van der Waals surface area contributed by atoms with Gasteiger partial charge in [-0.3, -0.25) is 4.79 Å². The third kappa shape index (κ3) is 3.77. The molecule has 1 fully saturated rings. The summed E-state index contributed by atoms with van der Waals surface area (Å²) in [6.07, 6.45) is 3.63. The highest BCUT2D eigenvalue weighted by atomic mass is 19.1. The van der Waals surface area contributed by atoms with Crippen LogP contribution in [0.4, 0.5) is 4.39 Å². The minimum Gasteiger partial charge on any atom is -0.387 e. The average Bonchev–Trinajstić information content (AvgIpc) is 2.46. The van der Waals surface area contributed by atoms with Crippen LogP contribution >= 0.6 is 0 Å². The van der Waals surface area contributed by atoms with Gasteiger partial charge < -0.3 is 10.0 Å². The predicted octanol–water partition coefficient (Wildman–Crippen LogP) is 1.99. The van der Waals surface area contributed by atoms with Crippen molar-refractivity contribution in [3.05, 3.63) is 35.6 Å². The van der Waals surface area contributed by atoms with E-state index in [2.05, 4.69) is 0 Å². The van der Waals surface area contributed by atoms with E-state index in [0.717, 1.165) is 31.4 Å². The van der Waals surface area contributed by atoms with Gasteiger partial charge in [-0.1, -0.05) is 18.2 Å². The van der Waals surface area contributed by atoms with E-state index in [-0.39, 0.29) is 11.7 Å². The Balaban J connectivity index is 1.86. The molecule has 1 N–H and O–H groups in total. The molecule has 0 bridgehead atoms. The van der Waals surface area contributed by atoms with E-state index in [9.17, 15) is 9.18 Å². The van der Waals surface area contributed by atoms with Crippen LogP contribution in [-0.4, -0.2) is 35.6 Å². The zero-order valence-corrected chi connectivity index (χ0v) is 11.0. The van der Waals surface area contributed by atoms with E-state index in [1.165, 1.54) is 6.07 Å². The molecular formula is C15H20FNO2. The van der Waals surface area contributed by atoms with Crippen molar-refractivity contribution in [1.29, 1.82) is 0 Å². The third-order valence-electron chi connectivity index (χ3n) is 3.79. The van der Waals surface area contributed by atoms with Crippen LogP contribution < -0.4 is 0 Å². The van der Waals surface area contributed by atoms with E-state index in [4.69, 9.17) is 5.11 Å². The van der Waals surface area contributed by atoms with Crippen molar-refractivity contribution >= 4 is 5.91 Å². The molecule has 1 aliphatic heterocycles. The minimum absolute atomic E-state index is 0.151. The van der Waals surface area contributed by atoms with E-state index in [0.29, 0.717) is 18.9 Å². The molecule has 1 amide bonds. The van der Waals surface area contributed by atoms with Gasteiger partial charge in [-0.2, -0.15) is 0 Å². The lowest BCUT2D eigenvalue weighted by Crippen LogP contribution is -2.41. The standard InChI is InChI=1S/C15H20FNO2/c16-14-6-2-1-5-13(14)8-7-12-4-3-9-17(10-12)15(19)11-18/h1-2,5-6,12,18H,3-4,7-11H2/t12-/m1/s1. The summed E-state index contributed by atoms with van der Waals surface area (Å²) in [6, 6.07) is 6.84. The second kappa shape index (κ2) is 6.66. The van der Waals surface area contributed by atoms with Gasteiger partial charge in [0.15, 0.2) is 0 Å². The number of aliphatic hydroxyl groups excluding tert-OH is 1. The maximum absolute atomic E-state index is 13.5. The summed E-state index contributed by atoms with van der Waals surface area (Å²) in [5.74, 6) is 0.0565. The number of hydrogen-bond acceptors (Lipinski definition) is 2. The van der Waals surface area contributed by atoms with Crippen molar-refractivity contribution in [2.45, 2.75) is 25.7 Å². The van der Waals surface area contributed by atoms with Crippen molar-refractivity contribution in [2.75, 3.05) is 19.7 Å². The molecule has 1 aliphatic rings. The van der Waals surface area contributed by atoms with Crippen molar-refractivity contribution < 1.29 is 14.3 Å². The summed E-state index contributed by atoms with van der Waals surface area (Å²) in [7, 11) is 0. The second-order valence-corrected chi connectivity index (χ2v) is 5.14. The molecular weight excluding hydrogens is 245 g/mol. The summed E-state index contributed by atoms with van der Waals surface area (Å²) < 4.78 is 13.5. The molecule has 1 atom stereocenters. The highest BCUT2D eigenvalue weighted by molar-refractivity contribution is 5.77. The third-order valence-corrected chi connectivity index (χ3v) is 3.79. The number of rotatable bonds is 4. The maximum Gasteiger partial charge on any atom is 0.248 e. The summed E-state index contributed by atoms with van der Waals surface area (Å²) >= 11 is 0. The number of carbonyl (C=O) groups excluding carboxylic acids is 1. The van der Waals surface area contributed by atoms with Crippen molar-refractivity contribution in [3.8, 4) is 0 Å². The highest BCUT2D eigenvalue weighted by Gasteiger charge is 2.22. The molecule has 1 saturated heterocycles. The Morgan fingerprint density at radius 3 is 2.95 bits per heavy atom. The van der Waals surface area contributed by atoms with Gasteiger partial charge in [0.05, 0.1) is 0 Å². The lowest BCUT2D eigenvalue weighted by molar-refractivity contribution is -0.136. The number of amides is 1. The molecule has 1 heterocycles. The van der Waals surface area contributed by atoms with Crippen molar-refractivity contribution in [1.82, 2.24) is 4.90 Å². The Hall–Kier alpha value is -1.42. The Morgan fingerprint density at radius 1 is 1.42 bits per heavy atom. The first-order chi connectivity index (χ1) is 9.20. The van der Waals surface area contributed by atoms with Gasteiger partial charge in [0, 0.05) is 13.1 Å². The van der Waals surface area contributed by atoms with Gasteiger partial charge >= 0.3 is 0 Å². The molecule has 3 nitrogen and oxygen atoms in total. The number of hydrogen-bond donors (Lipinski definition) is 1. The molecule has 0 spiro atoms. The molecule has 0 unspecified atom stereocenters. The number of carbonyl (C=O) groups is 1. The van der Waals surface area contributed by atoms with E-state index in [1.807, 2.05) is 12.1 Å². The Morgan fingerprint density at radius 2 is 2.21 bits per heavy atom. The van der Waals surface area contributed by atoms with Gasteiger partial charge in [-0.15, -0.1) is 0 Å². The lowest BCUT2D eigenvalue weighted by atomic mass is 9.91. The Labute approximate surface area is 113 Å². The number of halogens is 1. The first kappa shape index (κ1) is 14.0. The first-order valence-electron chi connectivity index (χ1n) is 6.82. The molecule has 104 valence electrons. The number of piperidine rings is 1. The zero-order chi connectivity index (χ0) is 13.7. The molecule has 0 radical (unpaired) electrons. The SMILES string of the molecule is O=C(CO)N1CCC[C@H](CCc2ccccc2F)C1. The lowest BCUT2D eigenvalue weighted by Gasteiger charge is -2.32. The fraction of sp³-hybridized carbons (Fsp3) is 0.533. The molecule has 1 aromatic rings. The molecule has 2 rings (SSSR count). The largest absolute Gasteiger partial charge is 0.387 e. The fourth-order valence-corrected chi connectivity index (χ4v) is 2.69. The van der Waals surface area contributed by atoms with Crippen LogP contribution in [0.1, 0.15) is 24.8 Å². The molecule has 1 aromatic carbocycles. The quantitative estimate of drug-likeness (QED) is 0.904. The van der Waals surface area contributed by atoms with Gasteiger partial charge in [-0.05, 0) is 43.2 Å². The Bertz CT molecular complexity index is 436. The minimum atomic E-state index is -0.417. The number of aliphatic hydroxyl groups is 1. The fourth-order valence-electron chi connectivity index (χ4n) is 2.69. The van der Waals surface area contributed by atoms with Crippen LogP contribution in [0.15, 0.2) is 24.3 Å². The van der Waals surface area contributed by atoms with Crippen LogP contribution in [0.5, 0.6) is 0 Å². The number of benzene rings is 1. The zero-order valence-electron chi connectivity index (χ0n) is 11.0. The summed E-state index contributed by atoms with van der Waals surface area (Å²) in [4.78, 5) is 13.2. The van der Waals surface area contributed by atoms with Crippen LogP contribution in [0, 0.1) is 11.7 Å². The van der Waals surface area contributed by atoms with Gasteiger partial charge in [-0.25, -0.2) is 4.39 Å². The molecule has 0 saturated carbocycles. The predicted molar refractivity (Wildman–Crippen MR) is 71.1 cm³/mol. The number of aryl methyl sites for hydroxylation is 1. The highest BCUT2D eigenvalue weighted by Crippen LogP contribution is 2.22. The molecule has 0 aromatic heterocycles. The smallest absolute Gasteiger partial charge is 0.248 e. The topological polar surface area (TPSA) is 40.5 Å². The normalized spacial score (nSPS) is 19.5. The van der Waals surface area contributed by atoms with Gasteiger partial charge in [0.25, 0.3) is 0 Å². The Kier molecular flexibility index (Phi) is 4.91. The number of likely N-dealkylation sites (tertiary alicyclic amines) is 1. The van der Waals surface area contributed by atoms with Gasteiger partial charge in [0.1, 0.15) is 12.4 Å². The van der Waals surface area contributed by atoms with Gasteiger partial charge in [0.2, 0.25) is 5.91 Å². The number of nitrogens with zero attached hydrogens (tertiary/aromatic N) is 1. The molecule has 19 heavy (non-hydrogen) atoms. The molecule has 4 heteroatoms.